The Kier molecular flexibility index (Phi) is 5.73. The van der Waals surface area contributed by atoms with Gasteiger partial charge in [0.05, 0.1) is 5.69 Å². The van der Waals surface area contributed by atoms with E-state index in [0.717, 1.165) is 47.2 Å². The molecule has 3 heterocycles. The molecule has 1 aliphatic carbocycles. The van der Waals surface area contributed by atoms with Gasteiger partial charge in [-0.05, 0) is 66.7 Å². The van der Waals surface area contributed by atoms with Crippen molar-refractivity contribution in [2.75, 3.05) is 24.1 Å². The zero-order chi connectivity index (χ0) is 22.2. The summed E-state index contributed by atoms with van der Waals surface area (Å²) in [4.78, 5) is 16.3. The quantitative estimate of drug-likeness (QED) is 0.436. The number of halogens is 2. The van der Waals surface area contributed by atoms with Crippen molar-refractivity contribution >= 4 is 19.3 Å². The van der Waals surface area contributed by atoms with Crippen LogP contribution in [0.2, 0.25) is 0 Å². The van der Waals surface area contributed by atoms with E-state index in [-0.39, 0.29) is 7.92 Å². The van der Waals surface area contributed by atoms with Crippen molar-refractivity contribution in [3.05, 3.63) is 77.8 Å². The fraction of sp³-hybridized carbons (Fsp3) is 0.320. The number of aromatic nitrogens is 3. The fourth-order valence-corrected chi connectivity index (χ4v) is 5.52. The number of rotatable bonds is 6. The maximum absolute atomic E-state index is 13.7. The van der Waals surface area contributed by atoms with Gasteiger partial charge in [0.15, 0.2) is 17.5 Å². The molecule has 4 nitrogen and oxygen atoms in total. The molecule has 2 aromatic heterocycles. The van der Waals surface area contributed by atoms with E-state index in [4.69, 9.17) is 9.97 Å². The van der Waals surface area contributed by atoms with Crippen LogP contribution in [0.15, 0.2) is 54.9 Å². The van der Waals surface area contributed by atoms with Gasteiger partial charge in [-0.1, -0.05) is 27.0 Å². The maximum atomic E-state index is 13.7. The zero-order valence-electron chi connectivity index (χ0n) is 18.2. The zero-order valence-corrected chi connectivity index (χ0v) is 19.1. The molecule has 32 heavy (non-hydrogen) atoms. The van der Waals surface area contributed by atoms with Crippen molar-refractivity contribution in [2.24, 2.45) is 11.8 Å². The lowest BCUT2D eigenvalue weighted by molar-refractivity contribution is 0.507. The van der Waals surface area contributed by atoms with Crippen LogP contribution in [0.3, 0.4) is 0 Å². The lowest BCUT2D eigenvalue weighted by Gasteiger charge is -2.38. The van der Waals surface area contributed by atoms with Gasteiger partial charge in [-0.2, -0.15) is 0 Å². The Morgan fingerprint density at radius 3 is 2.62 bits per heavy atom. The molecular weight excluding hydrogens is 425 g/mol. The number of benzene rings is 1. The van der Waals surface area contributed by atoms with E-state index in [9.17, 15) is 8.78 Å². The molecule has 2 fully saturated rings. The molecule has 1 aromatic carbocycles. The molecule has 0 amide bonds. The summed E-state index contributed by atoms with van der Waals surface area (Å²) in [6.45, 7) is 4.54. The maximum Gasteiger partial charge on any atom is 0.163 e. The van der Waals surface area contributed by atoms with Crippen LogP contribution in [0.5, 0.6) is 0 Å². The third-order valence-corrected chi connectivity index (χ3v) is 7.78. The van der Waals surface area contributed by atoms with E-state index in [2.05, 4.69) is 35.6 Å². The molecule has 1 saturated carbocycles. The normalized spacial score (nSPS) is 20.9. The monoisotopic (exact) mass is 450 g/mol. The number of hydrogen-bond donors (Lipinski definition) is 0. The van der Waals surface area contributed by atoms with Gasteiger partial charge in [-0.15, -0.1) is 0 Å². The van der Waals surface area contributed by atoms with Crippen LogP contribution in [0, 0.1) is 23.5 Å². The van der Waals surface area contributed by atoms with Gasteiger partial charge in [0, 0.05) is 36.6 Å². The Morgan fingerprint density at radius 2 is 1.97 bits per heavy atom. The van der Waals surface area contributed by atoms with Gasteiger partial charge in [-0.3, -0.25) is 4.98 Å². The van der Waals surface area contributed by atoms with Crippen molar-refractivity contribution in [1.82, 2.24) is 15.0 Å². The van der Waals surface area contributed by atoms with Crippen molar-refractivity contribution in [2.45, 2.75) is 19.8 Å². The Balaban J connectivity index is 1.54. The summed E-state index contributed by atoms with van der Waals surface area (Å²) in [5.74, 6) is 0.991. The van der Waals surface area contributed by atoms with E-state index in [0.29, 0.717) is 24.1 Å². The van der Waals surface area contributed by atoms with Crippen LogP contribution in [-0.2, 0) is 6.42 Å². The first-order chi connectivity index (χ1) is 15.5. The molecule has 0 radical (unpaired) electrons. The first kappa shape index (κ1) is 21.1. The van der Waals surface area contributed by atoms with Crippen molar-refractivity contribution in [1.29, 1.82) is 0 Å². The van der Waals surface area contributed by atoms with Gasteiger partial charge in [0.25, 0.3) is 0 Å². The Labute approximate surface area is 188 Å². The summed E-state index contributed by atoms with van der Waals surface area (Å²) in [6, 6.07) is 10.1. The smallest absolute Gasteiger partial charge is 0.163 e. The number of pyridine rings is 1. The largest absolute Gasteiger partial charge is 0.348 e. The third kappa shape index (κ3) is 4.42. The first-order valence-corrected chi connectivity index (χ1v) is 13.0. The average Bonchev–Trinajstić information content (AvgIpc) is 3.50. The molecule has 2 unspecified atom stereocenters. The summed E-state index contributed by atoms with van der Waals surface area (Å²) in [6.07, 6.45) is 9.39. The van der Waals surface area contributed by atoms with Crippen LogP contribution >= 0.6 is 7.92 Å². The topological polar surface area (TPSA) is 41.9 Å². The summed E-state index contributed by atoms with van der Waals surface area (Å²) >= 11 is 0. The number of allylic oxidation sites excluding steroid dienone is 2. The summed E-state index contributed by atoms with van der Waals surface area (Å²) in [5, 5.41) is 0. The van der Waals surface area contributed by atoms with Crippen molar-refractivity contribution in [3.63, 3.8) is 0 Å². The predicted octanol–water partition coefficient (Wildman–Crippen LogP) is 5.95. The third-order valence-electron chi connectivity index (χ3n) is 6.13. The summed E-state index contributed by atoms with van der Waals surface area (Å²) in [7, 11) is 0.0527. The first-order valence-electron chi connectivity index (χ1n) is 10.9. The molecule has 1 saturated heterocycles. The molecule has 2 atom stereocenters. The second-order valence-electron chi connectivity index (χ2n) is 8.79. The SMILES string of the molecule is CC1CC1C(=CCc1ccc(F)c(F)c1)c1cc(N2CP(C)C2)nc(-c2cccnc2)n1. The molecule has 1 aliphatic heterocycles. The van der Waals surface area contributed by atoms with Crippen LogP contribution in [0.4, 0.5) is 14.6 Å². The molecule has 2 aliphatic rings. The Bertz CT molecular complexity index is 1160. The minimum Gasteiger partial charge on any atom is -0.348 e. The molecule has 164 valence electrons. The van der Waals surface area contributed by atoms with E-state index >= 15 is 0 Å². The van der Waals surface area contributed by atoms with E-state index < -0.39 is 11.6 Å². The van der Waals surface area contributed by atoms with Gasteiger partial charge in [0.1, 0.15) is 5.82 Å². The minimum absolute atomic E-state index is 0.0527. The van der Waals surface area contributed by atoms with Crippen LogP contribution in [-0.4, -0.2) is 34.2 Å². The average molecular weight is 450 g/mol. The van der Waals surface area contributed by atoms with E-state index in [1.165, 1.54) is 12.1 Å². The number of nitrogens with zero attached hydrogens (tertiary/aromatic N) is 4. The molecular formula is C25H25F2N4P. The lowest BCUT2D eigenvalue weighted by atomic mass is 10.0. The molecule has 0 bridgehead atoms. The fourth-order valence-electron chi connectivity index (χ4n) is 4.15. The van der Waals surface area contributed by atoms with Gasteiger partial charge in [0.2, 0.25) is 0 Å². The van der Waals surface area contributed by atoms with Gasteiger partial charge >= 0.3 is 0 Å². The van der Waals surface area contributed by atoms with E-state index in [1.54, 1.807) is 18.5 Å². The Morgan fingerprint density at radius 1 is 1.16 bits per heavy atom. The molecule has 0 spiro atoms. The number of anilines is 1. The Hall–Kier alpha value is -2.72. The summed E-state index contributed by atoms with van der Waals surface area (Å²) in [5.41, 5.74) is 3.71. The standard InChI is InChI=1S/C25H25F2N4P/c1-16-10-20(16)19(7-5-17-6-8-21(26)22(27)11-17)23-12-24(31-14-32(2)15-31)30-25(29-23)18-4-3-9-28-13-18/h3-4,6-9,11-13,16,20H,5,10,14-15H2,1-2H3. The second kappa shape index (κ2) is 8.67. The lowest BCUT2D eigenvalue weighted by Crippen LogP contribution is -2.35. The molecule has 5 rings (SSSR count). The van der Waals surface area contributed by atoms with E-state index in [1.807, 2.05) is 12.1 Å². The summed E-state index contributed by atoms with van der Waals surface area (Å²) < 4.78 is 27.0. The molecule has 0 N–H and O–H groups in total. The minimum atomic E-state index is -0.819. The second-order valence-corrected chi connectivity index (χ2v) is 11.1. The highest BCUT2D eigenvalue weighted by atomic mass is 31.1. The molecule has 7 heteroatoms. The van der Waals surface area contributed by atoms with Crippen LogP contribution < -0.4 is 4.90 Å². The predicted molar refractivity (Wildman–Crippen MR) is 126 cm³/mol. The van der Waals surface area contributed by atoms with Crippen LogP contribution in [0.25, 0.3) is 17.0 Å². The van der Waals surface area contributed by atoms with Gasteiger partial charge in [-0.25, -0.2) is 18.7 Å². The van der Waals surface area contributed by atoms with Gasteiger partial charge < -0.3 is 4.90 Å². The number of hydrogen-bond acceptors (Lipinski definition) is 4. The highest BCUT2D eigenvalue weighted by molar-refractivity contribution is 7.58. The van der Waals surface area contributed by atoms with Crippen molar-refractivity contribution in [3.8, 4) is 11.4 Å². The van der Waals surface area contributed by atoms with Crippen LogP contribution in [0.1, 0.15) is 24.6 Å². The van der Waals surface area contributed by atoms with Crippen molar-refractivity contribution < 1.29 is 8.78 Å². The highest BCUT2D eigenvalue weighted by Gasteiger charge is 2.37. The molecule has 3 aromatic rings. The highest BCUT2D eigenvalue weighted by Crippen LogP contribution is 2.49.